The molecule has 0 N–H and O–H groups in total. The van der Waals surface area contributed by atoms with Crippen LogP contribution in [0.4, 0.5) is 0 Å². The van der Waals surface area contributed by atoms with E-state index in [2.05, 4.69) is 0 Å². The lowest BCUT2D eigenvalue weighted by Gasteiger charge is -2.36. The number of fused-ring (bicyclic) bond motifs is 6. The van der Waals surface area contributed by atoms with E-state index in [1.165, 1.54) is 0 Å². The molecule has 1 atom stereocenters. The molecule has 4 aromatic rings. The number of rotatable bonds is 3. The number of ether oxygens (including phenoxy) is 3. The lowest BCUT2D eigenvalue weighted by molar-refractivity contribution is 0.0223. The molecular formula is C28H18O5. The molecule has 5 heteroatoms. The standard InChI is InChI=1S/C28H18O5/c29-26(31-17-18-8-2-1-3-9-18)19-14-15-23-25(16-19)32-24-13-7-6-12-22(24)28(23)21-11-5-4-10-20(21)27(30)33-28/h1-16H,17H2. The minimum atomic E-state index is -1.13. The van der Waals surface area contributed by atoms with Gasteiger partial charge in [0, 0.05) is 16.7 Å². The van der Waals surface area contributed by atoms with Gasteiger partial charge in [0.05, 0.1) is 11.1 Å². The molecule has 0 saturated carbocycles. The van der Waals surface area contributed by atoms with Gasteiger partial charge in [-0.2, -0.15) is 0 Å². The largest absolute Gasteiger partial charge is 0.457 e. The van der Waals surface area contributed by atoms with Crippen LogP contribution in [0.2, 0.25) is 0 Å². The number of para-hydroxylation sites is 1. The van der Waals surface area contributed by atoms with Gasteiger partial charge in [0.1, 0.15) is 18.1 Å². The molecule has 1 unspecified atom stereocenters. The summed E-state index contributed by atoms with van der Waals surface area (Å²) in [5, 5.41) is 0. The Balaban J connectivity index is 1.43. The van der Waals surface area contributed by atoms with Crippen LogP contribution < -0.4 is 4.74 Å². The smallest absolute Gasteiger partial charge is 0.340 e. The minimum absolute atomic E-state index is 0.176. The first-order valence-electron chi connectivity index (χ1n) is 10.6. The highest BCUT2D eigenvalue weighted by molar-refractivity contribution is 5.97. The van der Waals surface area contributed by atoms with E-state index in [-0.39, 0.29) is 12.6 Å². The van der Waals surface area contributed by atoms with Crippen molar-refractivity contribution in [1.29, 1.82) is 0 Å². The highest BCUT2D eigenvalue weighted by Crippen LogP contribution is 2.55. The summed E-state index contributed by atoms with van der Waals surface area (Å²) in [7, 11) is 0. The van der Waals surface area contributed by atoms with E-state index >= 15 is 0 Å². The predicted molar refractivity (Wildman–Crippen MR) is 120 cm³/mol. The van der Waals surface area contributed by atoms with Crippen LogP contribution in [0.3, 0.4) is 0 Å². The van der Waals surface area contributed by atoms with Gasteiger partial charge < -0.3 is 14.2 Å². The third-order valence-electron chi connectivity index (χ3n) is 6.07. The van der Waals surface area contributed by atoms with Crippen LogP contribution in [0.15, 0.2) is 97.1 Å². The van der Waals surface area contributed by atoms with Crippen molar-refractivity contribution in [3.63, 3.8) is 0 Å². The Morgan fingerprint density at radius 3 is 2.30 bits per heavy atom. The summed E-state index contributed by atoms with van der Waals surface area (Å²) >= 11 is 0. The molecule has 2 aliphatic heterocycles. The summed E-state index contributed by atoms with van der Waals surface area (Å²) in [4.78, 5) is 25.6. The molecule has 160 valence electrons. The van der Waals surface area contributed by atoms with Crippen LogP contribution in [0.25, 0.3) is 0 Å². The fraction of sp³-hybridized carbons (Fsp3) is 0.0714. The molecule has 0 bridgehead atoms. The third kappa shape index (κ3) is 2.93. The molecule has 2 heterocycles. The molecule has 1 spiro atoms. The van der Waals surface area contributed by atoms with Crippen LogP contribution in [-0.2, 0) is 21.7 Å². The average molecular weight is 434 g/mol. The summed E-state index contributed by atoms with van der Waals surface area (Å²) in [5.74, 6) is 0.179. The maximum atomic E-state index is 12.8. The van der Waals surface area contributed by atoms with E-state index in [9.17, 15) is 9.59 Å². The van der Waals surface area contributed by atoms with Crippen LogP contribution in [0.1, 0.15) is 43.0 Å². The number of carbonyl (C=O) groups excluding carboxylic acids is 2. The van der Waals surface area contributed by atoms with E-state index < -0.39 is 11.6 Å². The summed E-state index contributed by atoms with van der Waals surface area (Å²) in [6.45, 7) is 0.176. The average Bonchev–Trinajstić information content (AvgIpc) is 3.16. The van der Waals surface area contributed by atoms with E-state index in [4.69, 9.17) is 14.2 Å². The van der Waals surface area contributed by atoms with E-state index in [1.807, 2.05) is 72.8 Å². The van der Waals surface area contributed by atoms with Gasteiger partial charge in [-0.05, 0) is 35.9 Å². The number of carbonyl (C=O) groups is 2. The fourth-order valence-corrected chi connectivity index (χ4v) is 4.56. The summed E-state index contributed by atoms with van der Waals surface area (Å²) in [6.07, 6.45) is 0. The van der Waals surface area contributed by atoms with Gasteiger partial charge in [0.25, 0.3) is 0 Å². The lowest BCUT2D eigenvalue weighted by atomic mass is 9.77. The van der Waals surface area contributed by atoms with Crippen molar-refractivity contribution in [1.82, 2.24) is 0 Å². The Morgan fingerprint density at radius 1 is 0.758 bits per heavy atom. The molecule has 0 aromatic heterocycles. The Bertz CT molecular complexity index is 1410. The van der Waals surface area contributed by atoms with Gasteiger partial charge in [-0.1, -0.05) is 66.7 Å². The Kier molecular flexibility index (Phi) is 4.30. The molecule has 2 aliphatic rings. The molecule has 6 rings (SSSR count). The number of esters is 2. The maximum absolute atomic E-state index is 12.8. The zero-order chi connectivity index (χ0) is 22.4. The normalized spacial score (nSPS) is 17.4. The second kappa shape index (κ2) is 7.35. The maximum Gasteiger partial charge on any atom is 0.340 e. The monoisotopic (exact) mass is 434 g/mol. The van der Waals surface area contributed by atoms with E-state index in [1.54, 1.807) is 24.3 Å². The topological polar surface area (TPSA) is 61.8 Å². The number of hydrogen-bond acceptors (Lipinski definition) is 5. The molecule has 5 nitrogen and oxygen atoms in total. The van der Waals surface area contributed by atoms with Crippen molar-refractivity contribution in [2.24, 2.45) is 0 Å². The molecular weight excluding hydrogens is 416 g/mol. The summed E-state index contributed by atoms with van der Waals surface area (Å²) in [5.41, 5.74) is 2.82. The van der Waals surface area contributed by atoms with Crippen molar-refractivity contribution >= 4 is 11.9 Å². The predicted octanol–water partition coefficient (Wildman–Crippen LogP) is 5.61. The first-order chi connectivity index (χ1) is 16.2. The van der Waals surface area contributed by atoms with Crippen molar-refractivity contribution in [3.8, 4) is 11.5 Å². The van der Waals surface area contributed by atoms with Crippen molar-refractivity contribution in [2.75, 3.05) is 0 Å². The van der Waals surface area contributed by atoms with Crippen LogP contribution in [-0.4, -0.2) is 11.9 Å². The molecule has 0 amide bonds. The molecule has 0 fully saturated rings. The summed E-state index contributed by atoms with van der Waals surface area (Å²) in [6, 6.07) is 29.4. The molecule has 33 heavy (non-hydrogen) atoms. The van der Waals surface area contributed by atoms with Crippen molar-refractivity contribution in [2.45, 2.75) is 12.2 Å². The Hall–Kier alpha value is -4.38. The van der Waals surface area contributed by atoms with E-state index in [0.29, 0.717) is 28.2 Å². The van der Waals surface area contributed by atoms with Gasteiger partial charge in [-0.15, -0.1) is 0 Å². The zero-order valence-corrected chi connectivity index (χ0v) is 17.5. The molecule has 0 aliphatic carbocycles. The number of hydrogen-bond donors (Lipinski definition) is 0. The zero-order valence-electron chi connectivity index (χ0n) is 17.5. The van der Waals surface area contributed by atoms with Gasteiger partial charge >= 0.3 is 11.9 Å². The quantitative estimate of drug-likeness (QED) is 0.392. The molecule has 0 saturated heterocycles. The van der Waals surface area contributed by atoms with Gasteiger partial charge in [0.15, 0.2) is 5.60 Å². The minimum Gasteiger partial charge on any atom is -0.457 e. The van der Waals surface area contributed by atoms with Crippen molar-refractivity contribution < 1.29 is 23.8 Å². The highest BCUT2D eigenvalue weighted by Gasteiger charge is 2.53. The van der Waals surface area contributed by atoms with Gasteiger partial charge in [0.2, 0.25) is 0 Å². The first-order valence-corrected chi connectivity index (χ1v) is 10.6. The highest BCUT2D eigenvalue weighted by atomic mass is 16.6. The summed E-state index contributed by atoms with van der Waals surface area (Å²) < 4.78 is 17.7. The number of benzene rings is 4. The van der Waals surface area contributed by atoms with Gasteiger partial charge in [-0.3, -0.25) is 0 Å². The van der Waals surface area contributed by atoms with E-state index in [0.717, 1.165) is 16.7 Å². The Labute approximate surface area is 190 Å². The first kappa shape index (κ1) is 19.3. The fourth-order valence-electron chi connectivity index (χ4n) is 4.56. The van der Waals surface area contributed by atoms with Crippen LogP contribution in [0, 0.1) is 0 Å². The third-order valence-corrected chi connectivity index (χ3v) is 6.07. The van der Waals surface area contributed by atoms with Crippen LogP contribution >= 0.6 is 0 Å². The second-order valence-corrected chi connectivity index (χ2v) is 7.99. The SMILES string of the molecule is O=C(OCc1ccccc1)c1ccc2c(c1)Oc1ccccc1C21OC(=O)c2ccccc21. The van der Waals surface area contributed by atoms with Gasteiger partial charge in [-0.25, -0.2) is 9.59 Å². The molecule has 0 radical (unpaired) electrons. The van der Waals surface area contributed by atoms with Crippen LogP contribution in [0.5, 0.6) is 11.5 Å². The second-order valence-electron chi connectivity index (χ2n) is 7.99. The lowest BCUT2D eigenvalue weighted by Crippen LogP contribution is -2.33. The molecule has 4 aromatic carbocycles. The van der Waals surface area contributed by atoms with Crippen molar-refractivity contribution in [3.05, 3.63) is 130 Å². The Morgan fingerprint density at radius 2 is 1.45 bits per heavy atom.